The predicted octanol–water partition coefficient (Wildman–Crippen LogP) is 3.77. The quantitative estimate of drug-likeness (QED) is 0.799. The molecule has 4 heteroatoms. The summed E-state index contributed by atoms with van der Waals surface area (Å²) in [6.07, 6.45) is 4.61. The topological polar surface area (TPSA) is 46.4 Å². The first-order chi connectivity index (χ1) is 10.6. The molecule has 0 radical (unpaired) electrons. The Labute approximate surface area is 129 Å². The van der Waals surface area contributed by atoms with Crippen LogP contribution in [0.1, 0.15) is 34.1 Å². The van der Waals surface area contributed by atoms with Crippen LogP contribution in [0.2, 0.25) is 0 Å². The molecule has 112 valence electrons. The third-order valence-corrected chi connectivity index (χ3v) is 3.81. The van der Waals surface area contributed by atoms with Crippen LogP contribution in [-0.4, -0.2) is 15.3 Å². The van der Waals surface area contributed by atoms with Crippen LogP contribution in [0.25, 0.3) is 5.65 Å². The van der Waals surface area contributed by atoms with Crippen LogP contribution >= 0.6 is 0 Å². The maximum absolute atomic E-state index is 12.5. The van der Waals surface area contributed by atoms with Crippen molar-refractivity contribution in [2.45, 2.75) is 27.2 Å². The Morgan fingerprint density at radius 1 is 1.18 bits per heavy atom. The van der Waals surface area contributed by atoms with E-state index in [1.165, 1.54) is 0 Å². The molecule has 2 heterocycles. The number of rotatable bonds is 3. The summed E-state index contributed by atoms with van der Waals surface area (Å²) in [4.78, 5) is 16.9. The lowest BCUT2D eigenvalue weighted by Gasteiger charge is -2.13. The first kappa shape index (κ1) is 14.3. The molecule has 3 aromatic rings. The number of pyridine rings is 1. The molecule has 22 heavy (non-hydrogen) atoms. The number of anilines is 1. The van der Waals surface area contributed by atoms with Gasteiger partial charge < -0.3 is 9.72 Å². The molecule has 0 spiro atoms. The van der Waals surface area contributed by atoms with Crippen LogP contribution in [0.3, 0.4) is 0 Å². The van der Waals surface area contributed by atoms with Gasteiger partial charge in [-0.2, -0.15) is 0 Å². The second kappa shape index (κ2) is 5.64. The van der Waals surface area contributed by atoms with E-state index in [0.29, 0.717) is 5.56 Å². The van der Waals surface area contributed by atoms with Crippen molar-refractivity contribution in [2.24, 2.45) is 0 Å². The van der Waals surface area contributed by atoms with Gasteiger partial charge in [0.2, 0.25) is 0 Å². The number of carbonyl (C=O) groups excluding carboxylic acids is 1. The zero-order valence-corrected chi connectivity index (χ0v) is 13.1. The normalized spacial score (nSPS) is 10.9. The average Bonchev–Trinajstić information content (AvgIpc) is 2.88. The zero-order chi connectivity index (χ0) is 15.7. The highest BCUT2D eigenvalue weighted by molar-refractivity contribution is 6.05. The van der Waals surface area contributed by atoms with Crippen LogP contribution in [0.4, 0.5) is 5.69 Å². The smallest absolute Gasteiger partial charge is 0.257 e. The summed E-state index contributed by atoms with van der Waals surface area (Å²) in [5.41, 5.74) is 5.54. The molecule has 1 aromatic carbocycles. The number of fused-ring (bicyclic) bond motifs is 1. The highest BCUT2D eigenvalue weighted by Gasteiger charge is 2.11. The maximum Gasteiger partial charge on any atom is 0.257 e. The van der Waals surface area contributed by atoms with Gasteiger partial charge in [0.15, 0.2) is 0 Å². The number of imidazole rings is 1. The van der Waals surface area contributed by atoms with E-state index in [9.17, 15) is 4.79 Å². The number of aryl methyl sites for hydroxylation is 3. The lowest BCUT2D eigenvalue weighted by atomic mass is 10.1. The fourth-order valence-electron chi connectivity index (χ4n) is 2.64. The summed E-state index contributed by atoms with van der Waals surface area (Å²) in [5.74, 6) is -0.0998. The summed E-state index contributed by atoms with van der Waals surface area (Å²) in [5, 5.41) is 3.04. The van der Waals surface area contributed by atoms with Gasteiger partial charge in [-0.25, -0.2) is 4.98 Å². The standard InChI is InChI=1S/C18H19N3O/c1-4-14-7-5-6-12(2)17(14)20-18(22)15-8-9-16-19-13(3)10-21(16)11-15/h5-11H,4H2,1-3H3,(H,20,22). The summed E-state index contributed by atoms with van der Waals surface area (Å²) >= 11 is 0. The number of hydrogen-bond acceptors (Lipinski definition) is 2. The van der Waals surface area contributed by atoms with Crippen molar-refractivity contribution in [1.82, 2.24) is 9.38 Å². The highest BCUT2D eigenvalue weighted by Crippen LogP contribution is 2.22. The van der Waals surface area contributed by atoms with E-state index in [1.54, 1.807) is 6.07 Å². The van der Waals surface area contributed by atoms with Crippen molar-refractivity contribution in [3.63, 3.8) is 0 Å². The Balaban J connectivity index is 1.93. The van der Waals surface area contributed by atoms with Gasteiger partial charge in [0.25, 0.3) is 5.91 Å². The minimum Gasteiger partial charge on any atom is -0.321 e. The summed E-state index contributed by atoms with van der Waals surface area (Å²) in [7, 11) is 0. The number of carbonyl (C=O) groups is 1. The number of nitrogens with zero attached hydrogens (tertiary/aromatic N) is 2. The number of amides is 1. The molecule has 0 fully saturated rings. The number of benzene rings is 1. The van der Waals surface area contributed by atoms with E-state index < -0.39 is 0 Å². The minimum atomic E-state index is -0.0998. The molecule has 1 N–H and O–H groups in total. The monoisotopic (exact) mass is 293 g/mol. The number of para-hydroxylation sites is 1. The van der Waals surface area contributed by atoms with Gasteiger partial charge in [-0.05, 0) is 43.5 Å². The van der Waals surface area contributed by atoms with Crippen LogP contribution in [0.5, 0.6) is 0 Å². The van der Waals surface area contributed by atoms with Gasteiger partial charge in [-0.15, -0.1) is 0 Å². The predicted molar refractivity (Wildman–Crippen MR) is 88.4 cm³/mol. The molecule has 0 saturated carbocycles. The number of nitrogens with one attached hydrogen (secondary N) is 1. The Kier molecular flexibility index (Phi) is 3.67. The maximum atomic E-state index is 12.5. The van der Waals surface area contributed by atoms with E-state index in [1.807, 2.05) is 54.9 Å². The van der Waals surface area contributed by atoms with Gasteiger partial charge in [0.1, 0.15) is 5.65 Å². The molecule has 0 unspecified atom stereocenters. The zero-order valence-electron chi connectivity index (χ0n) is 13.1. The van der Waals surface area contributed by atoms with Gasteiger partial charge in [0, 0.05) is 18.1 Å². The van der Waals surface area contributed by atoms with Crippen molar-refractivity contribution in [3.05, 3.63) is 65.1 Å². The van der Waals surface area contributed by atoms with E-state index in [2.05, 4.69) is 17.2 Å². The first-order valence-electron chi connectivity index (χ1n) is 7.43. The fourth-order valence-corrected chi connectivity index (χ4v) is 2.64. The van der Waals surface area contributed by atoms with E-state index >= 15 is 0 Å². The molecular formula is C18H19N3O. The second-order valence-corrected chi connectivity index (χ2v) is 5.48. The summed E-state index contributed by atoms with van der Waals surface area (Å²) < 4.78 is 1.88. The lowest BCUT2D eigenvalue weighted by molar-refractivity contribution is 0.102. The van der Waals surface area contributed by atoms with Gasteiger partial charge in [-0.1, -0.05) is 25.1 Å². The Bertz CT molecular complexity index is 849. The third-order valence-electron chi connectivity index (χ3n) is 3.81. The molecule has 0 bridgehead atoms. The highest BCUT2D eigenvalue weighted by atomic mass is 16.1. The molecule has 0 aliphatic carbocycles. The molecule has 0 aliphatic rings. The van der Waals surface area contributed by atoms with Crippen LogP contribution in [0, 0.1) is 13.8 Å². The summed E-state index contributed by atoms with van der Waals surface area (Å²) in [6, 6.07) is 9.74. The summed E-state index contributed by atoms with van der Waals surface area (Å²) in [6.45, 7) is 6.04. The van der Waals surface area contributed by atoms with Gasteiger partial charge in [0.05, 0.1) is 11.3 Å². The Morgan fingerprint density at radius 3 is 2.77 bits per heavy atom. The SMILES string of the molecule is CCc1cccc(C)c1NC(=O)c1ccc2nc(C)cn2c1. The van der Waals surface area contributed by atoms with Crippen LogP contribution < -0.4 is 5.32 Å². The van der Waals surface area contributed by atoms with Gasteiger partial charge >= 0.3 is 0 Å². The molecule has 2 aromatic heterocycles. The van der Waals surface area contributed by atoms with E-state index in [4.69, 9.17) is 0 Å². The van der Waals surface area contributed by atoms with E-state index in [-0.39, 0.29) is 5.91 Å². The number of hydrogen-bond donors (Lipinski definition) is 1. The van der Waals surface area contributed by atoms with Crippen LogP contribution in [-0.2, 0) is 6.42 Å². The molecular weight excluding hydrogens is 274 g/mol. The average molecular weight is 293 g/mol. The second-order valence-electron chi connectivity index (χ2n) is 5.48. The molecule has 1 amide bonds. The molecule has 3 rings (SSSR count). The first-order valence-corrected chi connectivity index (χ1v) is 7.43. The van der Waals surface area contributed by atoms with Crippen molar-refractivity contribution < 1.29 is 4.79 Å². The molecule has 4 nitrogen and oxygen atoms in total. The largest absolute Gasteiger partial charge is 0.321 e. The Morgan fingerprint density at radius 2 is 2.00 bits per heavy atom. The molecule has 0 aliphatic heterocycles. The van der Waals surface area contributed by atoms with Crippen molar-refractivity contribution in [1.29, 1.82) is 0 Å². The molecule has 0 atom stereocenters. The van der Waals surface area contributed by atoms with Crippen molar-refractivity contribution in [3.8, 4) is 0 Å². The minimum absolute atomic E-state index is 0.0998. The van der Waals surface area contributed by atoms with Crippen LogP contribution in [0.15, 0.2) is 42.7 Å². The Hall–Kier alpha value is -2.62. The van der Waals surface area contributed by atoms with E-state index in [0.717, 1.165) is 34.6 Å². The van der Waals surface area contributed by atoms with Crippen molar-refractivity contribution >= 4 is 17.2 Å². The van der Waals surface area contributed by atoms with Gasteiger partial charge in [-0.3, -0.25) is 4.79 Å². The van der Waals surface area contributed by atoms with Crippen molar-refractivity contribution in [2.75, 3.05) is 5.32 Å². The molecule has 0 saturated heterocycles. The number of aromatic nitrogens is 2. The fraction of sp³-hybridized carbons (Fsp3) is 0.222. The lowest BCUT2D eigenvalue weighted by Crippen LogP contribution is -2.14. The third kappa shape index (κ3) is 2.60.